The van der Waals surface area contributed by atoms with Crippen LogP contribution in [0, 0.1) is 11.7 Å². The molecule has 154 valence electrons. The van der Waals surface area contributed by atoms with E-state index in [2.05, 4.69) is 4.98 Å². The molecule has 3 heterocycles. The number of benzene rings is 1. The van der Waals surface area contributed by atoms with Gasteiger partial charge in [-0.2, -0.15) is 0 Å². The summed E-state index contributed by atoms with van der Waals surface area (Å²) in [5, 5.41) is 0. The second kappa shape index (κ2) is 8.91. The predicted molar refractivity (Wildman–Crippen MR) is 107 cm³/mol. The smallest absolute Gasteiger partial charge is 0.253 e. The number of nitrogens with zero attached hydrogens (tertiary/aromatic N) is 2. The average Bonchev–Trinajstić information content (AvgIpc) is 2.76. The fourth-order valence-corrected chi connectivity index (χ4v) is 4.39. The third-order valence-electron chi connectivity index (χ3n) is 6.09. The van der Waals surface area contributed by atoms with Gasteiger partial charge in [-0.1, -0.05) is 0 Å². The summed E-state index contributed by atoms with van der Waals surface area (Å²) >= 11 is 0. The molecule has 4 rings (SSSR count). The van der Waals surface area contributed by atoms with Gasteiger partial charge >= 0.3 is 0 Å². The van der Waals surface area contributed by atoms with E-state index in [0.29, 0.717) is 23.8 Å². The van der Waals surface area contributed by atoms with E-state index in [1.807, 2.05) is 4.90 Å². The number of hydrogen-bond acceptors (Lipinski definition) is 4. The number of aromatic nitrogens is 1. The summed E-state index contributed by atoms with van der Waals surface area (Å²) in [5.41, 5.74) is 0.574. The Morgan fingerprint density at radius 3 is 2.62 bits per heavy atom. The molecule has 2 aliphatic heterocycles. The maximum atomic E-state index is 13.0. The number of halogens is 1. The molecule has 1 aromatic heterocycles. The summed E-state index contributed by atoms with van der Waals surface area (Å²) in [5.74, 6) is 1.07. The van der Waals surface area contributed by atoms with Gasteiger partial charge in [-0.05, 0) is 74.4 Å². The van der Waals surface area contributed by atoms with Gasteiger partial charge in [0.1, 0.15) is 11.6 Å². The molecule has 0 N–H and O–H groups in total. The van der Waals surface area contributed by atoms with Crippen molar-refractivity contribution < 1.29 is 18.7 Å². The Morgan fingerprint density at radius 1 is 1.17 bits per heavy atom. The van der Waals surface area contributed by atoms with Crippen molar-refractivity contribution in [2.45, 2.75) is 37.7 Å². The number of amides is 1. The topological polar surface area (TPSA) is 51.7 Å². The first-order valence-corrected chi connectivity index (χ1v) is 10.4. The lowest BCUT2D eigenvalue weighted by atomic mass is 9.78. The van der Waals surface area contributed by atoms with Gasteiger partial charge < -0.3 is 14.4 Å². The Kier molecular flexibility index (Phi) is 6.09. The summed E-state index contributed by atoms with van der Waals surface area (Å²) in [4.78, 5) is 18.6. The number of likely N-dealkylation sites (tertiary alicyclic amines) is 1. The van der Waals surface area contributed by atoms with E-state index in [4.69, 9.17) is 9.47 Å². The van der Waals surface area contributed by atoms with Gasteiger partial charge in [0.15, 0.2) is 0 Å². The Bertz CT molecular complexity index is 805. The zero-order valence-electron chi connectivity index (χ0n) is 16.6. The zero-order valence-corrected chi connectivity index (χ0v) is 16.6. The van der Waals surface area contributed by atoms with Crippen LogP contribution in [-0.2, 0) is 4.74 Å². The highest BCUT2D eigenvalue weighted by Gasteiger charge is 2.41. The monoisotopic (exact) mass is 398 g/mol. The van der Waals surface area contributed by atoms with Crippen LogP contribution in [0.5, 0.6) is 5.75 Å². The van der Waals surface area contributed by atoms with Gasteiger partial charge in [0.05, 0.1) is 12.2 Å². The van der Waals surface area contributed by atoms with E-state index in [-0.39, 0.29) is 17.3 Å². The lowest BCUT2D eigenvalue weighted by molar-refractivity contribution is -0.125. The first kappa shape index (κ1) is 19.8. The van der Waals surface area contributed by atoms with Crippen LogP contribution in [0.1, 0.15) is 42.5 Å². The second-order valence-electron chi connectivity index (χ2n) is 8.01. The van der Waals surface area contributed by atoms with Crippen molar-refractivity contribution in [1.29, 1.82) is 0 Å². The molecule has 0 bridgehead atoms. The molecule has 5 nitrogen and oxygen atoms in total. The maximum Gasteiger partial charge on any atom is 0.253 e. The lowest BCUT2D eigenvalue weighted by Gasteiger charge is -2.46. The van der Waals surface area contributed by atoms with Crippen LogP contribution in [0.2, 0.25) is 0 Å². The van der Waals surface area contributed by atoms with Crippen molar-refractivity contribution in [1.82, 2.24) is 9.88 Å². The third-order valence-corrected chi connectivity index (χ3v) is 6.09. The summed E-state index contributed by atoms with van der Waals surface area (Å²) in [6.45, 7) is 2.83. The summed E-state index contributed by atoms with van der Waals surface area (Å²) in [7, 11) is 0. The molecule has 1 unspecified atom stereocenters. The van der Waals surface area contributed by atoms with Gasteiger partial charge in [0.2, 0.25) is 0 Å². The molecule has 0 aliphatic carbocycles. The molecule has 2 saturated heterocycles. The molecule has 0 saturated carbocycles. The highest BCUT2D eigenvalue weighted by molar-refractivity contribution is 5.94. The third kappa shape index (κ3) is 4.93. The predicted octanol–water partition coefficient (Wildman–Crippen LogP) is 4.09. The molecule has 1 spiro atoms. The quantitative estimate of drug-likeness (QED) is 0.761. The van der Waals surface area contributed by atoms with Gasteiger partial charge in [0.25, 0.3) is 5.91 Å². The molecule has 1 atom stereocenters. The highest BCUT2D eigenvalue weighted by atomic mass is 19.1. The Labute approximate surface area is 170 Å². The molecule has 1 amide bonds. The Morgan fingerprint density at radius 2 is 1.90 bits per heavy atom. The second-order valence-corrected chi connectivity index (χ2v) is 8.01. The molecule has 29 heavy (non-hydrogen) atoms. The van der Waals surface area contributed by atoms with Crippen LogP contribution >= 0.6 is 0 Å². The number of carbonyl (C=O) groups excluding carboxylic acids is 1. The van der Waals surface area contributed by atoms with Crippen molar-refractivity contribution in [3.63, 3.8) is 0 Å². The van der Waals surface area contributed by atoms with E-state index in [0.717, 1.165) is 51.8 Å². The fourth-order valence-electron chi connectivity index (χ4n) is 4.39. The van der Waals surface area contributed by atoms with E-state index < -0.39 is 0 Å². The Balaban J connectivity index is 1.26. The standard InChI is InChI=1S/C23H27FN2O3/c24-20-1-3-21(4-2-20)28-15-7-18-8-16-29-23(17-18)9-13-26(14-10-23)22(27)19-5-11-25-12-6-19/h1-6,11-12,18H,7-10,13-17H2. The number of hydrogen-bond donors (Lipinski definition) is 0. The van der Waals surface area contributed by atoms with Crippen molar-refractivity contribution >= 4 is 5.91 Å². The first-order chi connectivity index (χ1) is 14.1. The molecule has 6 heteroatoms. The van der Waals surface area contributed by atoms with Crippen molar-refractivity contribution in [3.05, 3.63) is 60.2 Å². The minimum atomic E-state index is -0.252. The maximum absolute atomic E-state index is 13.0. The van der Waals surface area contributed by atoms with Gasteiger partial charge in [-0.3, -0.25) is 9.78 Å². The summed E-state index contributed by atoms with van der Waals surface area (Å²) in [6.07, 6.45) is 8.06. The minimum Gasteiger partial charge on any atom is -0.494 e. The van der Waals surface area contributed by atoms with Crippen molar-refractivity contribution in [2.75, 3.05) is 26.3 Å². The lowest BCUT2D eigenvalue weighted by Crippen LogP contribution is -2.50. The fraction of sp³-hybridized carbons (Fsp3) is 0.478. The normalized spacial score (nSPS) is 21.1. The number of ether oxygens (including phenoxy) is 2. The SMILES string of the molecule is O=C(c1ccncc1)N1CCC2(CC1)CC(CCOc1ccc(F)cc1)CCO2. The summed E-state index contributed by atoms with van der Waals surface area (Å²) in [6, 6.07) is 9.69. The van der Waals surface area contributed by atoms with Crippen molar-refractivity contribution in [3.8, 4) is 5.75 Å². The van der Waals surface area contributed by atoms with E-state index in [1.54, 1.807) is 36.7 Å². The van der Waals surface area contributed by atoms with E-state index in [9.17, 15) is 9.18 Å². The molecule has 2 aromatic rings. The largest absolute Gasteiger partial charge is 0.494 e. The van der Waals surface area contributed by atoms with E-state index in [1.165, 1.54) is 12.1 Å². The molecule has 0 radical (unpaired) electrons. The van der Waals surface area contributed by atoms with Gasteiger partial charge in [-0.15, -0.1) is 0 Å². The van der Waals surface area contributed by atoms with Crippen LogP contribution in [0.25, 0.3) is 0 Å². The number of carbonyl (C=O) groups is 1. The Hall–Kier alpha value is -2.47. The van der Waals surface area contributed by atoms with Crippen LogP contribution in [0.4, 0.5) is 4.39 Å². The van der Waals surface area contributed by atoms with Crippen molar-refractivity contribution in [2.24, 2.45) is 5.92 Å². The average molecular weight is 398 g/mol. The molecule has 2 aliphatic rings. The van der Waals surface area contributed by atoms with Crippen LogP contribution < -0.4 is 4.74 Å². The zero-order chi connectivity index (χ0) is 20.1. The minimum absolute atomic E-state index is 0.0716. The van der Waals surface area contributed by atoms with Gasteiger partial charge in [0, 0.05) is 37.7 Å². The number of rotatable bonds is 5. The first-order valence-electron chi connectivity index (χ1n) is 10.4. The highest BCUT2D eigenvalue weighted by Crippen LogP contribution is 2.39. The molecular weight excluding hydrogens is 371 g/mol. The molecule has 2 fully saturated rings. The van der Waals surface area contributed by atoms with Crippen LogP contribution in [0.3, 0.4) is 0 Å². The van der Waals surface area contributed by atoms with Crippen LogP contribution in [-0.4, -0.2) is 47.7 Å². The van der Waals surface area contributed by atoms with E-state index >= 15 is 0 Å². The number of piperidine rings is 1. The number of pyridine rings is 1. The molecule has 1 aromatic carbocycles. The summed E-state index contributed by atoms with van der Waals surface area (Å²) < 4.78 is 25.0. The van der Waals surface area contributed by atoms with Gasteiger partial charge in [-0.25, -0.2) is 4.39 Å². The van der Waals surface area contributed by atoms with Crippen LogP contribution in [0.15, 0.2) is 48.8 Å². The molecular formula is C23H27FN2O3.